The van der Waals surface area contributed by atoms with Crippen molar-refractivity contribution in [1.29, 1.82) is 0 Å². The molecule has 3 aromatic carbocycles. The fourth-order valence-corrected chi connectivity index (χ4v) is 5.71. The number of anilines is 1. The smallest absolute Gasteiger partial charge is 0.308 e. The topological polar surface area (TPSA) is 84.0 Å². The molecule has 3 heterocycles. The van der Waals surface area contributed by atoms with Gasteiger partial charge in [-0.2, -0.15) is 0 Å². The predicted molar refractivity (Wildman–Crippen MR) is 132 cm³/mol. The summed E-state index contributed by atoms with van der Waals surface area (Å²) in [5, 5.41) is 0. The van der Waals surface area contributed by atoms with Gasteiger partial charge >= 0.3 is 5.97 Å². The number of benzene rings is 3. The molecule has 178 valence electrons. The number of esters is 1. The molecule has 3 aromatic rings. The molecule has 0 radical (unpaired) electrons. The number of amides is 2. The van der Waals surface area contributed by atoms with Gasteiger partial charge in [0.1, 0.15) is 11.8 Å². The van der Waals surface area contributed by atoms with Crippen molar-refractivity contribution in [2.75, 3.05) is 4.90 Å². The summed E-state index contributed by atoms with van der Waals surface area (Å²) in [6, 6.07) is 21.6. The van der Waals surface area contributed by atoms with Crippen LogP contribution in [0.5, 0.6) is 5.75 Å². The molecule has 0 aromatic heterocycles. The van der Waals surface area contributed by atoms with Crippen LogP contribution in [-0.2, 0) is 14.4 Å². The van der Waals surface area contributed by atoms with E-state index in [-0.39, 0.29) is 11.7 Å². The third-order valence-corrected chi connectivity index (χ3v) is 7.15. The summed E-state index contributed by atoms with van der Waals surface area (Å²) in [5.74, 6) is -2.62. The zero-order valence-electron chi connectivity index (χ0n) is 19.4. The Hall–Kier alpha value is -4.52. The van der Waals surface area contributed by atoms with Crippen LogP contribution in [0.4, 0.5) is 5.69 Å². The summed E-state index contributed by atoms with van der Waals surface area (Å²) in [6.45, 7) is 1.30. The number of fused-ring (bicyclic) bond motifs is 5. The molecule has 2 amide bonds. The van der Waals surface area contributed by atoms with Crippen molar-refractivity contribution in [1.82, 2.24) is 4.90 Å². The lowest BCUT2D eigenvalue weighted by molar-refractivity contribution is -0.132. The van der Waals surface area contributed by atoms with Gasteiger partial charge in [-0.25, -0.2) is 4.90 Å². The van der Waals surface area contributed by atoms with E-state index >= 15 is 0 Å². The Morgan fingerprint density at radius 3 is 2.19 bits per heavy atom. The first-order valence-electron chi connectivity index (χ1n) is 11.8. The first kappa shape index (κ1) is 22.0. The second-order valence-corrected chi connectivity index (χ2v) is 9.16. The molecule has 4 atom stereocenters. The van der Waals surface area contributed by atoms with Crippen LogP contribution < -0.4 is 9.64 Å². The van der Waals surface area contributed by atoms with Crippen LogP contribution in [0.25, 0.3) is 6.08 Å². The minimum atomic E-state index is -0.834. The first-order valence-corrected chi connectivity index (χ1v) is 11.8. The molecule has 2 fully saturated rings. The van der Waals surface area contributed by atoms with Crippen LogP contribution in [0.3, 0.4) is 0 Å². The van der Waals surface area contributed by atoms with Gasteiger partial charge in [-0.05, 0) is 41.5 Å². The van der Waals surface area contributed by atoms with Gasteiger partial charge in [-0.15, -0.1) is 0 Å². The minimum Gasteiger partial charge on any atom is -0.427 e. The van der Waals surface area contributed by atoms with E-state index in [1.54, 1.807) is 48.5 Å². The largest absolute Gasteiger partial charge is 0.427 e. The van der Waals surface area contributed by atoms with Crippen molar-refractivity contribution in [3.8, 4) is 5.75 Å². The summed E-state index contributed by atoms with van der Waals surface area (Å²) >= 11 is 0. The minimum absolute atomic E-state index is 0.190. The molecule has 6 rings (SSSR count). The zero-order valence-corrected chi connectivity index (χ0v) is 19.4. The Labute approximate surface area is 207 Å². The first-order chi connectivity index (χ1) is 17.5. The zero-order chi connectivity index (χ0) is 25.0. The number of imide groups is 1. The van der Waals surface area contributed by atoms with Gasteiger partial charge in [-0.1, -0.05) is 54.6 Å². The number of hydrogen-bond acceptors (Lipinski definition) is 6. The summed E-state index contributed by atoms with van der Waals surface area (Å²) in [6.07, 6.45) is 3.77. The predicted octanol–water partition coefficient (Wildman–Crippen LogP) is 4.01. The van der Waals surface area contributed by atoms with Gasteiger partial charge in [0.25, 0.3) is 0 Å². The molecular weight excluding hydrogens is 456 g/mol. The molecule has 2 saturated heterocycles. The van der Waals surface area contributed by atoms with Crippen molar-refractivity contribution in [2.45, 2.75) is 19.0 Å². The normalized spacial score (nSPS) is 23.8. The standard InChI is InChI=1S/C29H22N2O5/c1-17(32)36-21-13-11-20(12-14-21)31-28(34)23-24(29(31)35)26(27(33)19-8-3-2-4-9-19)30-16-15-18-7-5-6-10-22(18)25(23)30/h2-16,23-26H,1H3/t23-,24+,25+,26-/m0/s1. The van der Waals surface area contributed by atoms with Crippen molar-refractivity contribution in [2.24, 2.45) is 11.8 Å². The van der Waals surface area contributed by atoms with Gasteiger partial charge in [0, 0.05) is 18.7 Å². The summed E-state index contributed by atoms with van der Waals surface area (Å²) in [7, 11) is 0. The molecule has 0 saturated carbocycles. The second-order valence-electron chi connectivity index (χ2n) is 9.16. The second kappa shape index (κ2) is 8.30. The molecule has 36 heavy (non-hydrogen) atoms. The van der Waals surface area contributed by atoms with Crippen molar-refractivity contribution < 1.29 is 23.9 Å². The lowest BCUT2D eigenvalue weighted by Gasteiger charge is -2.35. The molecule has 3 aliphatic rings. The fraction of sp³-hybridized carbons (Fsp3) is 0.172. The third-order valence-electron chi connectivity index (χ3n) is 7.15. The van der Waals surface area contributed by atoms with Gasteiger partial charge in [-0.3, -0.25) is 19.2 Å². The molecule has 0 N–H and O–H groups in total. The number of carbonyl (C=O) groups excluding carboxylic acids is 4. The Balaban J connectivity index is 1.44. The van der Waals surface area contributed by atoms with E-state index in [0.717, 1.165) is 11.1 Å². The van der Waals surface area contributed by atoms with E-state index in [9.17, 15) is 19.2 Å². The summed E-state index contributed by atoms with van der Waals surface area (Å²) < 4.78 is 5.08. The molecule has 0 spiro atoms. The maximum absolute atomic E-state index is 13.9. The average Bonchev–Trinajstić information content (AvgIpc) is 3.37. The van der Waals surface area contributed by atoms with Crippen LogP contribution in [-0.4, -0.2) is 34.5 Å². The third kappa shape index (κ3) is 3.27. The average molecular weight is 479 g/mol. The van der Waals surface area contributed by atoms with Crippen molar-refractivity contribution >= 4 is 35.3 Å². The lowest BCUT2D eigenvalue weighted by atomic mass is 9.83. The van der Waals surface area contributed by atoms with Crippen LogP contribution in [0, 0.1) is 11.8 Å². The van der Waals surface area contributed by atoms with Gasteiger partial charge in [0.2, 0.25) is 11.8 Å². The van der Waals surface area contributed by atoms with Crippen molar-refractivity contribution in [3.05, 3.63) is 102 Å². The van der Waals surface area contributed by atoms with E-state index in [4.69, 9.17) is 4.74 Å². The van der Waals surface area contributed by atoms with Crippen LogP contribution in [0.1, 0.15) is 34.5 Å². The molecule has 0 unspecified atom stereocenters. The Kier molecular flexibility index (Phi) is 5.07. The van der Waals surface area contributed by atoms with Gasteiger partial charge in [0.05, 0.1) is 23.6 Å². The molecule has 7 heteroatoms. The molecule has 0 bridgehead atoms. The molecule has 3 aliphatic heterocycles. The van der Waals surface area contributed by atoms with Crippen LogP contribution in [0.2, 0.25) is 0 Å². The maximum Gasteiger partial charge on any atom is 0.308 e. The van der Waals surface area contributed by atoms with Crippen LogP contribution in [0.15, 0.2) is 85.1 Å². The number of ether oxygens (including phenoxy) is 1. The van der Waals surface area contributed by atoms with Crippen molar-refractivity contribution in [3.63, 3.8) is 0 Å². The lowest BCUT2D eigenvalue weighted by Crippen LogP contribution is -2.44. The Morgan fingerprint density at radius 2 is 1.47 bits per heavy atom. The highest BCUT2D eigenvalue weighted by molar-refractivity contribution is 6.24. The van der Waals surface area contributed by atoms with E-state index < -0.39 is 35.8 Å². The van der Waals surface area contributed by atoms with Crippen LogP contribution >= 0.6 is 0 Å². The van der Waals surface area contributed by atoms with E-state index in [1.807, 2.05) is 47.5 Å². The number of rotatable bonds is 4. The number of ketones is 1. The maximum atomic E-state index is 13.9. The molecule has 7 nitrogen and oxygen atoms in total. The monoisotopic (exact) mass is 478 g/mol. The number of Topliss-reactive ketones (excluding diaryl/α,β-unsaturated/α-hetero) is 1. The Bertz CT molecular complexity index is 1430. The van der Waals surface area contributed by atoms with E-state index in [0.29, 0.717) is 17.0 Å². The molecule has 0 aliphatic carbocycles. The summed E-state index contributed by atoms with van der Waals surface area (Å²) in [5.41, 5.74) is 2.77. The quantitative estimate of drug-likeness (QED) is 0.244. The van der Waals surface area contributed by atoms with E-state index in [2.05, 4.69) is 0 Å². The number of carbonyl (C=O) groups is 4. The van der Waals surface area contributed by atoms with Gasteiger partial charge < -0.3 is 9.64 Å². The number of nitrogens with zero attached hydrogens (tertiary/aromatic N) is 2. The highest BCUT2D eigenvalue weighted by Gasteiger charge is 2.64. The highest BCUT2D eigenvalue weighted by atomic mass is 16.5. The highest BCUT2D eigenvalue weighted by Crippen LogP contribution is 2.53. The summed E-state index contributed by atoms with van der Waals surface area (Å²) in [4.78, 5) is 55.9. The van der Waals surface area contributed by atoms with E-state index in [1.165, 1.54) is 11.8 Å². The molecular formula is C29H22N2O5. The fourth-order valence-electron chi connectivity index (χ4n) is 5.71. The number of hydrogen-bond donors (Lipinski definition) is 0. The van der Waals surface area contributed by atoms with Gasteiger partial charge in [0.15, 0.2) is 5.78 Å². The Morgan fingerprint density at radius 1 is 0.806 bits per heavy atom. The SMILES string of the molecule is CC(=O)Oc1ccc(N2C(=O)[C@@H]3[C@H](C2=O)[C@H]2c4ccccc4C=CN2[C@@H]3C(=O)c2ccccc2)cc1.